The second-order valence-corrected chi connectivity index (χ2v) is 4.86. The van der Waals surface area contributed by atoms with Crippen LogP contribution in [0, 0.1) is 13.8 Å². The Morgan fingerprint density at radius 2 is 1.78 bits per heavy atom. The first-order valence-corrected chi connectivity index (χ1v) is 6.90. The Labute approximate surface area is 111 Å². The largest absolute Gasteiger partial charge is 0.265 e. The molecule has 4 heteroatoms. The number of thioether (sulfide) groups is 1. The number of pyridine rings is 1. The third kappa shape index (κ3) is 2.96. The van der Waals surface area contributed by atoms with E-state index in [-0.39, 0.29) is 0 Å². The fourth-order valence-corrected chi connectivity index (χ4v) is 2.48. The Morgan fingerprint density at radius 1 is 1.06 bits per heavy atom. The molecule has 0 radical (unpaired) electrons. The van der Waals surface area contributed by atoms with E-state index in [9.17, 15) is 0 Å². The van der Waals surface area contributed by atoms with Gasteiger partial charge in [-0.05, 0) is 49.4 Å². The average Bonchev–Trinajstić information content (AvgIpc) is 2.37. The summed E-state index contributed by atoms with van der Waals surface area (Å²) in [6.07, 6.45) is 5.49. The fraction of sp³-hybridized carbons (Fsp3) is 0.214. The molecule has 0 aliphatic carbocycles. The summed E-state index contributed by atoms with van der Waals surface area (Å²) in [5.74, 6) is 0. The average molecular weight is 257 g/mol. The monoisotopic (exact) mass is 257 g/mol. The van der Waals surface area contributed by atoms with E-state index in [1.165, 1.54) is 16.0 Å². The number of aromatic nitrogens is 1. The maximum Gasteiger partial charge on any atom is 0.0997 e. The minimum Gasteiger partial charge on any atom is -0.265 e. The van der Waals surface area contributed by atoms with E-state index in [1.54, 1.807) is 24.2 Å². The standard InChI is InChI=1S/C14H15N3S/c1-10-8-11(2)14(18-3)13(9-10)17-16-12-4-6-15-7-5-12/h4-9H,1-3H3. The first-order chi connectivity index (χ1) is 8.70. The molecule has 3 nitrogen and oxygen atoms in total. The fourth-order valence-electron chi connectivity index (χ4n) is 1.79. The zero-order valence-corrected chi connectivity index (χ0v) is 11.5. The molecule has 2 aromatic rings. The summed E-state index contributed by atoms with van der Waals surface area (Å²) < 4.78 is 0. The van der Waals surface area contributed by atoms with Gasteiger partial charge in [-0.15, -0.1) is 16.9 Å². The predicted octanol–water partition coefficient (Wildman–Crippen LogP) is 4.84. The molecule has 1 aromatic heterocycles. The molecule has 0 aliphatic heterocycles. The number of azo groups is 1. The lowest BCUT2D eigenvalue weighted by Gasteiger charge is -2.07. The van der Waals surface area contributed by atoms with Gasteiger partial charge < -0.3 is 0 Å². The van der Waals surface area contributed by atoms with Crippen LogP contribution in [0.25, 0.3) is 0 Å². The van der Waals surface area contributed by atoms with E-state index in [1.807, 2.05) is 12.1 Å². The lowest BCUT2D eigenvalue weighted by atomic mass is 10.1. The van der Waals surface area contributed by atoms with Crippen molar-refractivity contribution in [3.05, 3.63) is 47.8 Å². The van der Waals surface area contributed by atoms with Gasteiger partial charge >= 0.3 is 0 Å². The van der Waals surface area contributed by atoms with Gasteiger partial charge in [-0.3, -0.25) is 4.98 Å². The van der Waals surface area contributed by atoms with Crippen molar-refractivity contribution in [1.82, 2.24) is 4.98 Å². The smallest absolute Gasteiger partial charge is 0.0997 e. The van der Waals surface area contributed by atoms with Crippen molar-refractivity contribution in [2.24, 2.45) is 10.2 Å². The van der Waals surface area contributed by atoms with Gasteiger partial charge in [0.2, 0.25) is 0 Å². The Kier molecular flexibility index (Phi) is 4.10. The molecule has 2 rings (SSSR count). The van der Waals surface area contributed by atoms with Gasteiger partial charge in [0.15, 0.2) is 0 Å². The number of aryl methyl sites for hydroxylation is 2. The molecule has 0 N–H and O–H groups in total. The Hall–Kier alpha value is -1.68. The van der Waals surface area contributed by atoms with Gasteiger partial charge in [0.05, 0.1) is 11.4 Å². The van der Waals surface area contributed by atoms with E-state index >= 15 is 0 Å². The van der Waals surface area contributed by atoms with Gasteiger partial charge in [-0.2, -0.15) is 5.11 Å². The summed E-state index contributed by atoms with van der Waals surface area (Å²) in [6.45, 7) is 4.17. The minimum atomic E-state index is 0.816. The van der Waals surface area contributed by atoms with E-state index < -0.39 is 0 Å². The van der Waals surface area contributed by atoms with Crippen LogP contribution < -0.4 is 0 Å². The molecule has 0 saturated heterocycles. The molecule has 0 fully saturated rings. The first kappa shape index (κ1) is 12.8. The maximum absolute atomic E-state index is 4.35. The summed E-state index contributed by atoms with van der Waals surface area (Å²) in [5.41, 5.74) is 4.19. The van der Waals surface area contributed by atoms with Crippen molar-refractivity contribution in [2.45, 2.75) is 18.7 Å². The van der Waals surface area contributed by atoms with E-state index in [0.717, 1.165) is 11.4 Å². The highest BCUT2D eigenvalue weighted by Crippen LogP contribution is 2.33. The summed E-state index contributed by atoms with van der Waals surface area (Å²) in [4.78, 5) is 5.14. The molecule has 0 saturated carbocycles. The Balaban J connectivity index is 2.37. The zero-order valence-electron chi connectivity index (χ0n) is 10.7. The molecule has 0 amide bonds. The van der Waals surface area contributed by atoms with Crippen LogP contribution in [0.2, 0.25) is 0 Å². The highest BCUT2D eigenvalue weighted by Gasteiger charge is 2.05. The summed E-state index contributed by atoms with van der Waals surface area (Å²) in [5, 5.41) is 8.58. The summed E-state index contributed by atoms with van der Waals surface area (Å²) in [7, 11) is 0. The highest BCUT2D eigenvalue weighted by atomic mass is 32.2. The molecule has 0 atom stereocenters. The van der Waals surface area contributed by atoms with Crippen LogP contribution in [0.15, 0.2) is 51.8 Å². The van der Waals surface area contributed by atoms with Crippen LogP contribution in [-0.4, -0.2) is 11.2 Å². The lowest BCUT2D eigenvalue weighted by molar-refractivity contribution is 1.15. The quantitative estimate of drug-likeness (QED) is 0.583. The van der Waals surface area contributed by atoms with Crippen LogP contribution in [0.4, 0.5) is 11.4 Å². The number of hydrogen-bond donors (Lipinski definition) is 0. The van der Waals surface area contributed by atoms with Crippen LogP contribution in [0.1, 0.15) is 11.1 Å². The molecule has 92 valence electrons. The van der Waals surface area contributed by atoms with Crippen LogP contribution in [0.3, 0.4) is 0 Å². The number of hydrogen-bond acceptors (Lipinski definition) is 4. The van der Waals surface area contributed by atoms with Crippen LogP contribution in [-0.2, 0) is 0 Å². The topological polar surface area (TPSA) is 37.6 Å². The number of nitrogens with zero attached hydrogens (tertiary/aromatic N) is 3. The Morgan fingerprint density at radius 3 is 2.44 bits per heavy atom. The SMILES string of the molecule is CSc1c(C)cc(C)cc1N=Nc1ccncc1. The molecule has 1 aromatic carbocycles. The van der Waals surface area contributed by atoms with Crippen molar-refractivity contribution < 1.29 is 0 Å². The number of rotatable bonds is 3. The molecule has 0 aliphatic rings. The van der Waals surface area contributed by atoms with Crippen LogP contribution in [0.5, 0.6) is 0 Å². The third-order valence-corrected chi connectivity index (χ3v) is 3.48. The molecule has 1 heterocycles. The van der Waals surface area contributed by atoms with Gasteiger partial charge in [0, 0.05) is 17.3 Å². The van der Waals surface area contributed by atoms with E-state index in [4.69, 9.17) is 0 Å². The molecular formula is C14H15N3S. The maximum atomic E-state index is 4.35. The molecule has 0 spiro atoms. The zero-order chi connectivity index (χ0) is 13.0. The predicted molar refractivity (Wildman–Crippen MR) is 76.1 cm³/mol. The van der Waals surface area contributed by atoms with Gasteiger partial charge in [0.1, 0.15) is 0 Å². The van der Waals surface area contributed by atoms with Gasteiger partial charge in [0.25, 0.3) is 0 Å². The number of benzene rings is 1. The van der Waals surface area contributed by atoms with Crippen molar-refractivity contribution in [1.29, 1.82) is 0 Å². The lowest BCUT2D eigenvalue weighted by Crippen LogP contribution is -1.82. The molecule has 0 unspecified atom stereocenters. The minimum absolute atomic E-state index is 0.816. The molecular weight excluding hydrogens is 242 g/mol. The molecule has 0 bridgehead atoms. The second kappa shape index (κ2) is 5.78. The summed E-state index contributed by atoms with van der Waals surface area (Å²) in [6, 6.07) is 7.90. The van der Waals surface area contributed by atoms with E-state index in [2.05, 4.69) is 47.4 Å². The second-order valence-electron chi connectivity index (χ2n) is 4.04. The van der Waals surface area contributed by atoms with Crippen molar-refractivity contribution in [3.63, 3.8) is 0 Å². The normalized spacial score (nSPS) is 11.1. The van der Waals surface area contributed by atoms with Gasteiger partial charge in [-0.25, -0.2) is 0 Å². The van der Waals surface area contributed by atoms with E-state index in [0.29, 0.717) is 0 Å². The highest BCUT2D eigenvalue weighted by molar-refractivity contribution is 7.98. The van der Waals surface area contributed by atoms with Crippen LogP contribution >= 0.6 is 11.8 Å². The van der Waals surface area contributed by atoms with Crippen molar-refractivity contribution >= 4 is 23.1 Å². The van der Waals surface area contributed by atoms with Crippen molar-refractivity contribution in [3.8, 4) is 0 Å². The Bertz CT molecular complexity index is 565. The van der Waals surface area contributed by atoms with Gasteiger partial charge in [-0.1, -0.05) is 6.07 Å². The van der Waals surface area contributed by atoms with Crippen molar-refractivity contribution in [2.75, 3.05) is 6.26 Å². The molecule has 18 heavy (non-hydrogen) atoms. The first-order valence-electron chi connectivity index (χ1n) is 5.67. The summed E-state index contributed by atoms with van der Waals surface area (Å²) >= 11 is 1.70. The third-order valence-electron chi connectivity index (χ3n) is 2.54.